The smallest absolute Gasteiger partial charge is 0.228 e. The average Bonchev–Trinajstić information content (AvgIpc) is 2.92. The molecule has 0 unspecified atom stereocenters. The molecule has 6 heteroatoms. The first-order valence-electron chi connectivity index (χ1n) is 9.93. The number of carbonyl (C=O) groups excluding carboxylic acids is 1. The molecule has 1 fully saturated rings. The van der Waals surface area contributed by atoms with Crippen LogP contribution in [0.2, 0.25) is 0 Å². The Morgan fingerprint density at radius 2 is 2.04 bits per heavy atom. The zero-order valence-corrected chi connectivity index (χ0v) is 15.8. The standard InChI is InChI=1S/C20H30N4O2/c1-20(6-3-2-4-7-20)19(25)23-8-5-18-21-15-17(24(18)10-9-23)16-22-11-13-26-14-12-22/h2-3,15H,4-14,16H2,1H3/t20-/m1/s1. The number of carbonyl (C=O) groups is 1. The van der Waals surface area contributed by atoms with Crippen LogP contribution in [0.15, 0.2) is 18.3 Å². The second-order valence-electron chi connectivity index (χ2n) is 8.02. The number of nitrogens with zero attached hydrogens (tertiary/aromatic N) is 4. The van der Waals surface area contributed by atoms with Crippen molar-refractivity contribution in [1.29, 1.82) is 0 Å². The Bertz CT molecular complexity index is 677. The molecule has 0 spiro atoms. The summed E-state index contributed by atoms with van der Waals surface area (Å²) in [4.78, 5) is 22.3. The summed E-state index contributed by atoms with van der Waals surface area (Å²) in [6.45, 7) is 9.08. The van der Waals surface area contributed by atoms with Gasteiger partial charge in [-0.1, -0.05) is 19.1 Å². The Morgan fingerprint density at radius 3 is 2.81 bits per heavy atom. The van der Waals surface area contributed by atoms with Crippen LogP contribution in [0.4, 0.5) is 0 Å². The first kappa shape index (κ1) is 17.7. The van der Waals surface area contributed by atoms with Crippen molar-refractivity contribution in [2.24, 2.45) is 5.41 Å². The van der Waals surface area contributed by atoms with Gasteiger partial charge in [0, 0.05) is 51.9 Å². The van der Waals surface area contributed by atoms with Crippen molar-refractivity contribution in [1.82, 2.24) is 19.4 Å². The van der Waals surface area contributed by atoms with Crippen molar-refractivity contribution in [2.75, 3.05) is 39.4 Å². The van der Waals surface area contributed by atoms with Crippen molar-refractivity contribution in [3.05, 3.63) is 29.9 Å². The van der Waals surface area contributed by atoms with Crippen LogP contribution in [0.5, 0.6) is 0 Å². The van der Waals surface area contributed by atoms with Crippen LogP contribution in [0.3, 0.4) is 0 Å². The van der Waals surface area contributed by atoms with Crippen LogP contribution in [-0.4, -0.2) is 64.7 Å². The molecule has 4 rings (SSSR count). The molecule has 0 radical (unpaired) electrons. The highest BCUT2D eigenvalue weighted by molar-refractivity contribution is 5.82. The number of amides is 1. The molecule has 1 aromatic heterocycles. The monoisotopic (exact) mass is 358 g/mol. The van der Waals surface area contributed by atoms with Crippen LogP contribution in [0.1, 0.15) is 37.7 Å². The van der Waals surface area contributed by atoms with Gasteiger partial charge in [-0.2, -0.15) is 0 Å². The maximum absolute atomic E-state index is 13.1. The van der Waals surface area contributed by atoms with Crippen molar-refractivity contribution in [3.63, 3.8) is 0 Å². The van der Waals surface area contributed by atoms with Gasteiger partial charge >= 0.3 is 0 Å². The van der Waals surface area contributed by atoms with E-state index in [9.17, 15) is 4.79 Å². The fourth-order valence-corrected chi connectivity index (χ4v) is 4.35. The second kappa shape index (κ2) is 7.53. The van der Waals surface area contributed by atoms with Gasteiger partial charge in [-0.3, -0.25) is 9.69 Å². The maximum atomic E-state index is 13.1. The molecule has 142 valence electrons. The third-order valence-electron chi connectivity index (χ3n) is 6.11. The number of rotatable bonds is 3. The lowest BCUT2D eigenvalue weighted by Crippen LogP contribution is -2.44. The molecule has 6 nitrogen and oxygen atoms in total. The fraction of sp³-hybridized carbons (Fsp3) is 0.700. The first-order chi connectivity index (χ1) is 12.7. The summed E-state index contributed by atoms with van der Waals surface area (Å²) in [6, 6.07) is 0. The summed E-state index contributed by atoms with van der Waals surface area (Å²) in [7, 11) is 0. The van der Waals surface area contributed by atoms with E-state index in [0.717, 1.165) is 84.0 Å². The van der Waals surface area contributed by atoms with E-state index in [-0.39, 0.29) is 5.41 Å². The Morgan fingerprint density at radius 1 is 1.19 bits per heavy atom. The quantitative estimate of drug-likeness (QED) is 0.774. The van der Waals surface area contributed by atoms with Gasteiger partial charge in [0.25, 0.3) is 0 Å². The van der Waals surface area contributed by atoms with Gasteiger partial charge in [-0.25, -0.2) is 4.98 Å². The fourth-order valence-electron chi connectivity index (χ4n) is 4.35. The molecule has 0 bridgehead atoms. The average molecular weight is 358 g/mol. The van der Waals surface area contributed by atoms with Crippen LogP contribution < -0.4 is 0 Å². The minimum absolute atomic E-state index is 0.224. The van der Waals surface area contributed by atoms with Crippen molar-refractivity contribution in [3.8, 4) is 0 Å². The second-order valence-corrected chi connectivity index (χ2v) is 8.02. The van der Waals surface area contributed by atoms with E-state index in [1.807, 2.05) is 6.20 Å². The number of hydrogen-bond acceptors (Lipinski definition) is 4. The molecule has 0 saturated carbocycles. The number of aromatic nitrogens is 2. The summed E-state index contributed by atoms with van der Waals surface area (Å²) in [5.74, 6) is 1.44. The zero-order valence-electron chi connectivity index (χ0n) is 15.8. The Kier molecular flexibility index (Phi) is 5.14. The molecule has 2 aliphatic heterocycles. The van der Waals surface area contributed by atoms with Gasteiger partial charge < -0.3 is 14.2 Å². The topological polar surface area (TPSA) is 50.6 Å². The highest BCUT2D eigenvalue weighted by Gasteiger charge is 2.37. The van der Waals surface area contributed by atoms with Crippen molar-refractivity contribution < 1.29 is 9.53 Å². The van der Waals surface area contributed by atoms with Crippen molar-refractivity contribution in [2.45, 2.75) is 45.7 Å². The Labute approximate surface area is 155 Å². The van der Waals surface area contributed by atoms with E-state index in [2.05, 4.69) is 38.4 Å². The third-order valence-corrected chi connectivity index (χ3v) is 6.11. The van der Waals surface area contributed by atoms with Gasteiger partial charge in [-0.05, 0) is 19.3 Å². The molecule has 0 N–H and O–H groups in total. The van der Waals surface area contributed by atoms with E-state index in [0.29, 0.717) is 5.91 Å². The summed E-state index contributed by atoms with van der Waals surface area (Å²) in [5, 5.41) is 0. The van der Waals surface area contributed by atoms with Gasteiger partial charge in [-0.15, -0.1) is 0 Å². The molecule has 26 heavy (non-hydrogen) atoms. The number of imidazole rings is 1. The Balaban J connectivity index is 1.42. The molecule has 1 atom stereocenters. The maximum Gasteiger partial charge on any atom is 0.228 e. The lowest BCUT2D eigenvalue weighted by atomic mass is 9.77. The largest absolute Gasteiger partial charge is 0.379 e. The van der Waals surface area contributed by atoms with E-state index in [1.165, 1.54) is 5.69 Å². The molecule has 1 saturated heterocycles. The molecule has 3 heterocycles. The van der Waals surface area contributed by atoms with Crippen LogP contribution in [-0.2, 0) is 29.0 Å². The molecule has 3 aliphatic rings. The van der Waals surface area contributed by atoms with E-state index in [1.54, 1.807) is 0 Å². The minimum Gasteiger partial charge on any atom is -0.379 e. The lowest BCUT2D eigenvalue weighted by Gasteiger charge is -2.35. The van der Waals surface area contributed by atoms with Crippen LogP contribution >= 0.6 is 0 Å². The lowest BCUT2D eigenvalue weighted by molar-refractivity contribution is -0.141. The third kappa shape index (κ3) is 3.58. The summed E-state index contributed by atoms with van der Waals surface area (Å²) in [5.41, 5.74) is 1.04. The number of hydrogen-bond donors (Lipinski definition) is 0. The summed E-state index contributed by atoms with van der Waals surface area (Å²) >= 11 is 0. The molecular formula is C20H30N4O2. The van der Waals surface area contributed by atoms with Gasteiger partial charge in [0.05, 0.1) is 24.3 Å². The molecular weight excluding hydrogens is 328 g/mol. The number of ether oxygens (including phenoxy) is 1. The number of morpholine rings is 1. The minimum atomic E-state index is -0.224. The normalized spacial score (nSPS) is 27.2. The molecule has 0 aromatic carbocycles. The number of allylic oxidation sites excluding steroid dienone is 2. The van der Waals surface area contributed by atoms with E-state index in [4.69, 9.17) is 4.74 Å². The van der Waals surface area contributed by atoms with Crippen molar-refractivity contribution >= 4 is 5.91 Å². The van der Waals surface area contributed by atoms with E-state index >= 15 is 0 Å². The predicted molar refractivity (Wildman–Crippen MR) is 99.7 cm³/mol. The highest BCUT2D eigenvalue weighted by Crippen LogP contribution is 2.34. The van der Waals surface area contributed by atoms with Gasteiger partial charge in [0.1, 0.15) is 5.82 Å². The van der Waals surface area contributed by atoms with E-state index < -0.39 is 0 Å². The van der Waals surface area contributed by atoms with Gasteiger partial charge in [0.2, 0.25) is 5.91 Å². The number of fused-ring (bicyclic) bond motifs is 1. The summed E-state index contributed by atoms with van der Waals surface area (Å²) in [6.07, 6.45) is 10.1. The predicted octanol–water partition coefficient (Wildman–Crippen LogP) is 1.85. The zero-order chi connectivity index (χ0) is 18.0. The SMILES string of the molecule is C[C@@]1(C(=O)N2CCc3ncc(CN4CCOCC4)n3CC2)CC=CCC1. The molecule has 1 amide bonds. The first-order valence-corrected chi connectivity index (χ1v) is 9.93. The van der Waals surface area contributed by atoms with Crippen LogP contribution in [0, 0.1) is 5.41 Å². The van der Waals surface area contributed by atoms with Crippen LogP contribution in [0.25, 0.3) is 0 Å². The van der Waals surface area contributed by atoms with Gasteiger partial charge in [0.15, 0.2) is 0 Å². The summed E-state index contributed by atoms with van der Waals surface area (Å²) < 4.78 is 7.79. The Hall–Kier alpha value is -1.66. The molecule has 1 aromatic rings. The molecule has 1 aliphatic carbocycles. The highest BCUT2D eigenvalue weighted by atomic mass is 16.5.